The third-order valence-corrected chi connectivity index (χ3v) is 5.60. The van der Waals surface area contributed by atoms with Gasteiger partial charge in [-0.15, -0.1) is 0 Å². The molecule has 2 amide bonds. The SMILES string of the molecule is Cc1cc(Oc2ncccc2C#N)ccc1NC(=O)C(c1ccccc1)N1CCCCC1=O. The fraction of sp³-hybridized carbons (Fsp3) is 0.231. The average Bonchev–Trinajstić information content (AvgIpc) is 2.83. The van der Waals surface area contributed by atoms with Crippen LogP contribution in [0.2, 0.25) is 0 Å². The van der Waals surface area contributed by atoms with Gasteiger partial charge in [-0.25, -0.2) is 4.98 Å². The molecule has 7 heteroatoms. The number of amides is 2. The maximum absolute atomic E-state index is 13.4. The minimum absolute atomic E-state index is 0.00520. The van der Waals surface area contributed by atoms with Crippen LogP contribution in [0.3, 0.4) is 0 Å². The van der Waals surface area contributed by atoms with Gasteiger partial charge in [0.2, 0.25) is 11.8 Å². The third kappa shape index (κ3) is 5.01. The van der Waals surface area contributed by atoms with Crippen molar-refractivity contribution in [1.82, 2.24) is 9.88 Å². The summed E-state index contributed by atoms with van der Waals surface area (Å²) in [4.78, 5) is 31.8. The maximum Gasteiger partial charge on any atom is 0.251 e. The molecule has 33 heavy (non-hydrogen) atoms. The number of ether oxygens (including phenoxy) is 1. The van der Waals surface area contributed by atoms with Gasteiger partial charge in [-0.05, 0) is 61.2 Å². The second-order valence-corrected chi connectivity index (χ2v) is 7.89. The van der Waals surface area contributed by atoms with Crippen LogP contribution in [0.1, 0.15) is 42.0 Å². The quantitative estimate of drug-likeness (QED) is 0.597. The Morgan fingerprint density at radius 2 is 1.97 bits per heavy atom. The number of aromatic nitrogens is 1. The first kappa shape index (κ1) is 22.0. The van der Waals surface area contributed by atoms with Crippen molar-refractivity contribution in [1.29, 1.82) is 5.26 Å². The van der Waals surface area contributed by atoms with Gasteiger partial charge < -0.3 is 15.0 Å². The number of pyridine rings is 1. The summed E-state index contributed by atoms with van der Waals surface area (Å²) in [5.41, 5.74) is 2.53. The van der Waals surface area contributed by atoms with Crippen molar-refractivity contribution in [3.8, 4) is 17.7 Å². The first-order valence-electron chi connectivity index (χ1n) is 10.9. The Hall–Kier alpha value is -4.18. The average molecular weight is 441 g/mol. The Morgan fingerprint density at radius 3 is 2.70 bits per heavy atom. The molecule has 2 aromatic carbocycles. The number of hydrogen-bond donors (Lipinski definition) is 1. The topological polar surface area (TPSA) is 95.3 Å². The first-order valence-corrected chi connectivity index (χ1v) is 10.9. The normalized spacial score (nSPS) is 14.3. The van der Waals surface area contributed by atoms with Gasteiger partial charge in [-0.2, -0.15) is 5.26 Å². The van der Waals surface area contributed by atoms with Crippen LogP contribution in [0, 0.1) is 18.3 Å². The minimum atomic E-state index is -0.693. The van der Waals surface area contributed by atoms with Gasteiger partial charge in [0.05, 0.1) is 0 Å². The van der Waals surface area contributed by atoms with Gasteiger partial charge in [-0.1, -0.05) is 30.3 Å². The van der Waals surface area contributed by atoms with E-state index >= 15 is 0 Å². The molecule has 0 saturated carbocycles. The fourth-order valence-corrected chi connectivity index (χ4v) is 3.92. The molecule has 4 rings (SSSR count). The fourth-order valence-electron chi connectivity index (χ4n) is 3.92. The molecule has 1 N–H and O–H groups in total. The molecule has 3 aromatic rings. The Morgan fingerprint density at radius 1 is 1.15 bits per heavy atom. The molecule has 1 unspecified atom stereocenters. The molecule has 1 aliphatic rings. The lowest BCUT2D eigenvalue weighted by atomic mass is 10.00. The van der Waals surface area contributed by atoms with E-state index in [1.165, 1.54) is 0 Å². The largest absolute Gasteiger partial charge is 0.438 e. The number of aryl methyl sites for hydroxylation is 1. The molecule has 0 radical (unpaired) electrons. The maximum atomic E-state index is 13.4. The predicted octanol–water partition coefficient (Wildman–Crippen LogP) is 4.75. The molecule has 2 heterocycles. The zero-order valence-electron chi connectivity index (χ0n) is 18.3. The van der Waals surface area contributed by atoms with E-state index in [1.807, 2.05) is 37.3 Å². The summed E-state index contributed by atoms with van der Waals surface area (Å²) in [6.07, 6.45) is 3.75. The van der Waals surface area contributed by atoms with E-state index in [1.54, 1.807) is 41.4 Å². The lowest BCUT2D eigenvalue weighted by molar-refractivity contribution is -0.141. The molecule has 1 saturated heterocycles. The molecule has 0 bridgehead atoms. The number of rotatable bonds is 6. The number of nitrogens with one attached hydrogen (secondary N) is 1. The highest BCUT2D eigenvalue weighted by molar-refractivity contribution is 5.98. The Labute approximate surface area is 192 Å². The molecule has 0 spiro atoms. The van der Waals surface area contributed by atoms with Crippen LogP contribution in [-0.4, -0.2) is 28.2 Å². The zero-order valence-corrected chi connectivity index (χ0v) is 18.3. The second kappa shape index (κ2) is 9.96. The summed E-state index contributed by atoms with van der Waals surface area (Å²) in [7, 11) is 0. The third-order valence-electron chi connectivity index (χ3n) is 5.60. The first-order chi connectivity index (χ1) is 16.1. The van der Waals surface area contributed by atoms with E-state index in [9.17, 15) is 14.9 Å². The molecule has 7 nitrogen and oxygen atoms in total. The van der Waals surface area contributed by atoms with Crippen LogP contribution in [0.5, 0.6) is 11.6 Å². The van der Waals surface area contributed by atoms with Crippen LogP contribution in [0.25, 0.3) is 0 Å². The summed E-state index contributed by atoms with van der Waals surface area (Å²) in [5.74, 6) is 0.467. The Kier molecular flexibility index (Phi) is 6.65. The van der Waals surface area contributed by atoms with Gasteiger partial charge >= 0.3 is 0 Å². The van der Waals surface area contributed by atoms with E-state index in [-0.39, 0.29) is 17.7 Å². The summed E-state index contributed by atoms with van der Waals surface area (Å²) in [5, 5.41) is 12.2. The van der Waals surface area contributed by atoms with Gasteiger partial charge in [-0.3, -0.25) is 9.59 Å². The minimum Gasteiger partial charge on any atom is -0.438 e. The number of carbonyl (C=O) groups excluding carboxylic acids is 2. The van der Waals surface area contributed by atoms with Crippen molar-refractivity contribution in [2.45, 2.75) is 32.2 Å². The van der Waals surface area contributed by atoms with Crippen molar-refractivity contribution < 1.29 is 14.3 Å². The monoisotopic (exact) mass is 440 g/mol. The molecule has 166 valence electrons. The second-order valence-electron chi connectivity index (χ2n) is 7.89. The number of likely N-dealkylation sites (tertiary alicyclic amines) is 1. The lowest BCUT2D eigenvalue weighted by Gasteiger charge is -2.34. The van der Waals surface area contributed by atoms with Gasteiger partial charge in [0, 0.05) is 24.8 Å². The van der Waals surface area contributed by atoms with E-state index in [2.05, 4.69) is 16.4 Å². The van der Waals surface area contributed by atoms with Gasteiger partial charge in [0.15, 0.2) is 0 Å². The van der Waals surface area contributed by atoms with Crippen molar-refractivity contribution >= 4 is 17.5 Å². The number of nitriles is 1. The van der Waals surface area contributed by atoms with Crippen molar-refractivity contribution in [2.75, 3.05) is 11.9 Å². The molecular formula is C26H24N4O3. The van der Waals surface area contributed by atoms with Gasteiger partial charge in [0.1, 0.15) is 23.4 Å². The molecule has 1 fully saturated rings. The van der Waals surface area contributed by atoms with Crippen molar-refractivity contribution in [3.05, 3.63) is 83.6 Å². The molecule has 1 aromatic heterocycles. The highest BCUT2D eigenvalue weighted by atomic mass is 16.5. The summed E-state index contributed by atoms with van der Waals surface area (Å²) < 4.78 is 5.77. The predicted molar refractivity (Wildman–Crippen MR) is 124 cm³/mol. The summed E-state index contributed by atoms with van der Waals surface area (Å²) in [6.45, 7) is 2.42. The number of anilines is 1. The van der Waals surface area contributed by atoms with E-state index in [0.29, 0.717) is 30.0 Å². The van der Waals surface area contributed by atoms with Gasteiger partial charge in [0.25, 0.3) is 5.91 Å². The van der Waals surface area contributed by atoms with Crippen molar-refractivity contribution in [2.24, 2.45) is 0 Å². The summed E-state index contributed by atoms with van der Waals surface area (Å²) >= 11 is 0. The number of piperidine rings is 1. The zero-order chi connectivity index (χ0) is 23.2. The molecule has 1 atom stereocenters. The van der Waals surface area contributed by atoms with Crippen LogP contribution < -0.4 is 10.1 Å². The molecule has 0 aliphatic carbocycles. The lowest BCUT2D eigenvalue weighted by Crippen LogP contribution is -2.43. The Balaban J connectivity index is 1.56. The van der Waals surface area contributed by atoms with Crippen LogP contribution in [0.15, 0.2) is 66.9 Å². The number of benzene rings is 2. The molecular weight excluding hydrogens is 416 g/mol. The summed E-state index contributed by atoms with van der Waals surface area (Å²) in [6, 6.07) is 19.3. The van der Waals surface area contributed by atoms with E-state index < -0.39 is 6.04 Å². The smallest absolute Gasteiger partial charge is 0.251 e. The van der Waals surface area contributed by atoms with Crippen LogP contribution in [-0.2, 0) is 9.59 Å². The highest BCUT2D eigenvalue weighted by Gasteiger charge is 2.32. The van der Waals surface area contributed by atoms with Crippen LogP contribution in [0.4, 0.5) is 5.69 Å². The van der Waals surface area contributed by atoms with Crippen LogP contribution >= 0.6 is 0 Å². The number of nitrogens with zero attached hydrogens (tertiary/aromatic N) is 3. The Bertz CT molecular complexity index is 1200. The standard InChI is InChI=1S/C26H24N4O3/c1-18-16-21(33-26-20(17-27)10-7-14-28-26)12-13-22(18)29-25(32)24(19-8-3-2-4-9-19)30-15-6-5-11-23(30)31/h2-4,7-10,12-14,16,24H,5-6,11,15H2,1H3,(H,29,32). The number of carbonyl (C=O) groups is 2. The number of hydrogen-bond acceptors (Lipinski definition) is 5. The highest BCUT2D eigenvalue weighted by Crippen LogP contribution is 2.30. The molecule has 1 aliphatic heterocycles. The van der Waals surface area contributed by atoms with E-state index in [4.69, 9.17) is 4.74 Å². The van der Waals surface area contributed by atoms with E-state index in [0.717, 1.165) is 24.0 Å². The van der Waals surface area contributed by atoms with Crippen molar-refractivity contribution in [3.63, 3.8) is 0 Å².